The van der Waals surface area contributed by atoms with Crippen LogP contribution in [0.4, 0.5) is 0 Å². The van der Waals surface area contributed by atoms with Crippen molar-refractivity contribution in [2.24, 2.45) is 11.3 Å². The molecule has 2 aliphatic rings. The van der Waals surface area contributed by atoms with E-state index >= 15 is 0 Å². The van der Waals surface area contributed by atoms with Gasteiger partial charge < -0.3 is 10.2 Å². The van der Waals surface area contributed by atoms with Gasteiger partial charge in [-0.1, -0.05) is 38.1 Å². The molecule has 0 amide bonds. The van der Waals surface area contributed by atoms with Crippen LogP contribution in [-0.2, 0) is 12.8 Å². The van der Waals surface area contributed by atoms with E-state index in [9.17, 15) is 0 Å². The van der Waals surface area contributed by atoms with Crippen molar-refractivity contribution >= 4 is 0 Å². The molecule has 21 heavy (non-hydrogen) atoms. The Labute approximate surface area is 129 Å². The van der Waals surface area contributed by atoms with Crippen LogP contribution in [0.1, 0.15) is 37.8 Å². The zero-order valence-corrected chi connectivity index (χ0v) is 13.9. The second kappa shape index (κ2) is 6.10. The van der Waals surface area contributed by atoms with Crippen molar-refractivity contribution < 1.29 is 0 Å². The number of fused-ring (bicyclic) bond motifs is 1. The molecule has 0 radical (unpaired) electrons. The molecule has 1 aromatic rings. The number of nitrogens with zero attached hydrogens (tertiary/aromatic N) is 1. The van der Waals surface area contributed by atoms with Crippen LogP contribution in [0.5, 0.6) is 0 Å². The first-order valence-corrected chi connectivity index (χ1v) is 8.56. The second-order valence-electron chi connectivity index (χ2n) is 7.62. The molecule has 1 N–H and O–H groups in total. The zero-order chi connectivity index (χ0) is 14.9. The van der Waals surface area contributed by atoms with E-state index in [-0.39, 0.29) is 0 Å². The van der Waals surface area contributed by atoms with E-state index in [1.54, 1.807) is 11.1 Å². The topological polar surface area (TPSA) is 15.3 Å². The van der Waals surface area contributed by atoms with E-state index in [4.69, 9.17) is 0 Å². The highest BCUT2D eigenvalue weighted by molar-refractivity contribution is 5.28. The van der Waals surface area contributed by atoms with Gasteiger partial charge in [0, 0.05) is 25.7 Å². The van der Waals surface area contributed by atoms with Crippen LogP contribution < -0.4 is 5.32 Å². The largest absolute Gasteiger partial charge is 0.316 e. The molecule has 1 aromatic carbocycles. The summed E-state index contributed by atoms with van der Waals surface area (Å²) in [6, 6.07) is 9.67. The zero-order valence-electron chi connectivity index (χ0n) is 13.9. The van der Waals surface area contributed by atoms with Crippen molar-refractivity contribution in [1.82, 2.24) is 10.2 Å². The average Bonchev–Trinajstić information content (AvgIpc) is 2.64. The van der Waals surface area contributed by atoms with Crippen LogP contribution in [0.15, 0.2) is 24.3 Å². The third-order valence-corrected chi connectivity index (χ3v) is 5.79. The van der Waals surface area contributed by atoms with E-state index in [0.29, 0.717) is 11.5 Å². The number of rotatable bonds is 3. The summed E-state index contributed by atoms with van der Waals surface area (Å²) in [5.74, 6) is 0.811. The van der Waals surface area contributed by atoms with Crippen molar-refractivity contribution in [3.63, 3.8) is 0 Å². The maximum atomic E-state index is 3.60. The third kappa shape index (κ3) is 3.17. The fraction of sp³-hybridized carbons (Fsp3) is 0.684. The highest BCUT2D eigenvalue weighted by Gasteiger charge is 2.41. The fourth-order valence-electron chi connectivity index (χ4n) is 4.57. The molecule has 3 rings (SSSR count). The minimum Gasteiger partial charge on any atom is -0.316 e. The maximum absolute atomic E-state index is 3.60. The summed E-state index contributed by atoms with van der Waals surface area (Å²) in [4.78, 5) is 2.70. The van der Waals surface area contributed by atoms with Gasteiger partial charge in [-0.25, -0.2) is 0 Å². The van der Waals surface area contributed by atoms with Gasteiger partial charge >= 0.3 is 0 Å². The standard InChI is InChI=1S/C19H30N2/c1-19(2)11-8-17(18(19)20-3)14-21-12-9-15-6-4-5-7-16(15)10-13-21/h4-7,17-18,20H,8-14H2,1-3H3. The number of nitrogens with one attached hydrogen (secondary N) is 1. The summed E-state index contributed by atoms with van der Waals surface area (Å²) in [5, 5.41) is 3.60. The van der Waals surface area contributed by atoms with Gasteiger partial charge in [0.15, 0.2) is 0 Å². The second-order valence-corrected chi connectivity index (χ2v) is 7.62. The number of benzene rings is 1. The van der Waals surface area contributed by atoms with Gasteiger partial charge in [-0.15, -0.1) is 0 Å². The number of hydrogen-bond acceptors (Lipinski definition) is 2. The summed E-state index contributed by atoms with van der Waals surface area (Å²) >= 11 is 0. The van der Waals surface area contributed by atoms with Crippen LogP contribution in [0.25, 0.3) is 0 Å². The molecule has 0 bridgehead atoms. The Kier molecular flexibility index (Phi) is 4.37. The monoisotopic (exact) mass is 286 g/mol. The third-order valence-electron chi connectivity index (χ3n) is 5.79. The van der Waals surface area contributed by atoms with Gasteiger partial charge in [0.05, 0.1) is 0 Å². The van der Waals surface area contributed by atoms with Gasteiger partial charge in [-0.2, -0.15) is 0 Å². The van der Waals surface area contributed by atoms with Gasteiger partial charge in [0.1, 0.15) is 0 Å². The van der Waals surface area contributed by atoms with E-state index in [1.807, 2.05) is 0 Å². The molecule has 0 spiro atoms. The van der Waals surface area contributed by atoms with Gasteiger partial charge in [0.2, 0.25) is 0 Å². The number of hydrogen-bond donors (Lipinski definition) is 1. The molecule has 2 heteroatoms. The first kappa shape index (κ1) is 15.1. The van der Waals surface area contributed by atoms with E-state index in [0.717, 1.165) is 5.92 Å². The van der Waals surface area contributed by atoms with Gasteiger partial charge in [-0.3, -0.25) is 0 Å². The molecular formula is C19H30N2. The summed E-state index contributed by atoms with van der Waals surface area (Å²) in [6.07, 6.45) is 5.17. The highest BCUT2D eigenvalue weighted by Crippen LogP contribution is 2.41. The minimum absolute atomic E-state index is 0.453. The Morgan fingerprint density at radius 1 is 1.14 bits per heavy atom. The van der Waals surface area contributed by atoms with Gasteiger partial charge in [0.25, 0.3) is 0 Å². The van der Waals surface area contributed by atoms with Crippen molar-refractivity contribution in [1.29, 1.82) is 0 Å². The SMILES string of the molecule is CNC1C(CN2CCc3ccccc3CC2)CCC1(C)C. The van der Waals surface area contributed by atoms with Crippen molar-refractivity contribution in [3.05, 3.63) is 35.4 Å². The molecule has 2 nitrogen and oxygen atoms in total. The molecule has 2 atom stereocenters. The highest BCUT2D eigenvalue weighted by atomic mass is 15.1. The molecule has 1 saturated carbocycles. The first-order chi connectivity index (χ1) is 10.1. The lowest BCUT2D eigenvalue weighted by atomic mass is 9.85. The van der Waals surface area contributed by atoms with Crippen LogP contribution >= 0.6 is 0 Å². The van der Waals surface area contributed by atoms with Crippen molar-refractivity contribution in [2.75, 3.05) is 26.7 Å². The normalized spacial score (nSPS) is 29.1. The van der Waals surface area contributed by atoms with E-state index in [1.165, 1.54) is 45.3 Å². The summed E-state index contributed by atoms with van der Waals surface area (Å²) < 4.78 is 0. The smallest absolute Gasteiger partial charge is 0.0156 e. The molecule has 1 aliphatic heterocycles. The molecule has 116 valence electrons. The Hall–Kier alpha value is -0.860. The summed E-state index contributed by atoms with van der Waals surface area (Å²) in [6.45, 7) is 8.57. The van der Waals surface area contributed by atoms with E-state index in [2.05, 4.69) is 55.4 Å². The average molecular weight is 286 g/mol. The lowest BCUT2D eigenvalue weighted by Gasteiger charge is -2.33. The Bertz CT molecular complexity index is 453. The predicted octanol–water partition coefficient (Wildman–Crippen LogP) is 3.11. The van der Waals surface area contributed by atoms with Crippen LogP contribution in [-0.4, -0.2) is 37.6 Å². The Morgan fingerprint density at radius 3 is 2.33 bits per heavy atom. The van der Waals surface area contributed by atoms with Crippen molar-refractivity contribution in [3.8, 4) is 0 Å². The predicted molar refractivity (Wildman–Crippen MR) is 89.6 cm³/mol. The molecular weight excluding hydrogens is 256 g/mol. The van der Waals surface area contributed by atoms with Crippen molar-refractivity contribution in [2.45, 2.75) is 45.6 Å². The molecule has 0 aromatic heterocycles. The quantitative estimate of drug-likeness (QED) is 0.918. The fourth-order valence-corrected chi connectivity index (χ4v) is 4.57. The Morgan fingerprint density at radius 2 is 1.76 bits per heavy atom. The van der Waals surface area contributed by atoms with E-state index < -0.39 is 0 Å². The van der Waals surface area contributed by atoms with Crippen LogP contribution in [0.3, 0.4) is 0 Å². The first-order valence-electron chi connectivity index (χ1n) is 8.56. The lowest BCUT2D eigenvalue weighted by molar-refractivity contribution is 0.193. The molecule has 1 heterocycles. The minimum atomic E-state index is 0.453. The van der Waals surface area contributed by atoms with Crippen LogP contribution in [0, 0.1) is 11.3 Å². The summed E-state index contributed by atoms with van der Waals surface area (Å²) in [7, 11) is 2.14. The molecule has 1 aliphatic carbocycles. The van der Waals surface area contributed by atoms with Gasteiger partial charge in [-0.05, 0) is 55.2 Å². The molecule has 2 unspecified atom stereocenters. The molecule has 0 saturated heterocycles. The summed E-state index contributed by atoms with van der Waals surface area (Å²) in [5.41, 5.74) is 3.59. The molecule has 1 fully saturated rings. The maximum Gasteiger partial charge on any atom is 0.0156 e. The lowest BCUT2D eigenvalue weighted by Crippen LogP contribution is -2.44. The van der Waals surface area contributed by atoms with Crippen LogP contribution in [0.2, 0.25) is 0 Å². The Balaban J connectivity index is 1.62.